The molecule has 30 heavy (non-hydrogen) atoms. The Morgan fingerprint density at radius 2 is 1.87 bits per heavy atom. The van der Waals surface area contributed by atoms with Crippen LogP contribution in [0.1, 0.15) is 43.1 Å². The van der Waals surface area contributed by atoms with E-state index in [-0.39, 0.29) is 18.4 Å². The monoisotopic (exact) mass is 411 g/mol. The van der Waals surface area contributed by atoms with Crippen molar-refractivity contribution in [3.05, 3.63) is 59.7 Å². The third-order valence-corrected chi connectivity index (χ3v) is 4.55. The van der Waals surface area contributed by atoms with Crippen molar-refractivity contribution in [2.75, 3.05) is 32.1 Å². The number of nitrogens with zero attached hydrogens (tertiary/aromatic N) is 1. The van der Waals surface area contributed by atoms with Crippen molar-refractivity contribution in [2.45, 2.75) is 33.7 Å². The van der Waals surface area contributed by atoms with Crippen LogP contribution in [0.5, 0.6) is 5.75 Å². The minimum absolute atomic E-state index is 0.0680. The molecule has 2 amide bonds. The number of carbonyl (C=O) groups is 2. The van der Waals surface area contributed by atoms with Gasteiger partial charge in [-0.3, -0.25) is 14.5 Å². The summed E-state index contributed by atoms with van der Waals surface area (Å²) < 4.78 is 5.30. The molecule has 2 rings (SSSR count). The van der Waals surface area contributed by atoms with Gasteiger partial charge in [-0.1, -0.05) is 45.0 Å². The van der Waals surface area contributed by atoms with E-state index >= 15 is 0 Å². The highest BCUT2D eigenvalue weighted by Gasteiger charge is 2.14. The van der Waals surface area contributed by atoms with Gasteiger partial charge in [-0.05, 0) is 48.7 Å². The van der Waals surface area contributed by atoms with Gasteiger partial charge < -0.3 is 15.4 Å². The van der Waals surface area contributed by atoms with Crippen LogP contribution in [0.25, 0.3) is 0 Å². The molecule has 0 spiro atoms. The van der Waals surface area contributed by atoms with Crippen molar-refractivity contribution in [1.29, 1.82) is 0 Å². The largest absolute Gasteiger partial charge is 0.495 e. The molecule has 0 heterocycles. The smallest absolute Gasteiger partial charge is 0.251 e. The van der Waals surface area contributed by atoms with E-state index in [1.807, 2.05) is 48.5 Å². The molecule has 0 bridgehead atoms. The van der Waals surface area contributed by atoms with Crippen LogP contribution in [0.15, 0.2) is 48.5 Å². The molecule has 0 atom stereocenters. The van der Waals surface area contributed by atoms with Crippen LogP contribution in [0.3, 0.4) is 0 Å². The van der Waals surface area contributed by atoms with E-state index in [2.05, 4.69) is 36.3 Å². The van der Waals surface area contributed by atoms with Gasteiger partial charge in [0.05, 0.1) is 19.3 Å². The van der Waals surface area contributed by atoms with Crippen molar-refractivity contribution < 1.29 is 14.3 Å². The normalized spacial score (nSPS) is 10.9. The first-order chi connectivity index (χ1) is 14.4. The predicted molar refractivity (Wildman–Crippen MR) is 121 cm³/mol. The molecule has 2 aromatic carbocycles. The molecule has 2 aromatic rings. The van der Waals surface area contributed by atoms with Gasteiger partial charge in [0.25, 0.3) is 5.91 Å². The average Bonchev–Trinajstić information content (AvgIpc) is 2.72. The Morgan fingerprint density at radius 1 is 1.10 bits per heavy atom. The lowest BCUT2D eigenvalue weighted by Gasteiger charge is -2.22. The number of nitrogens with one attached hydrogen (secondary N) is 2. The topological polar surface area (TPSA) is 70.7 Å². The van der Waals surface area contributed by atoms with Crippen LogP contribution in [0, 0.1) is 5.92 Å². The maximum absolute atomic E-state index is 12.6. The maximum Gasteiger partial charge on any atom is 0.251 e. The molecule has 0 aliphatic carbocycles. The Balaban J connectivity index is 2.02. The Kier molecular flexibility index (Phi) is 9.35. The van der Waals surface area contributed by atoms with E-state index in [0.29, 0.717) is 36.0 Å². The van der Waals surface area contributed by atoms with Crippen molar-refractivity contribution in [2.24, 2.45) is 5.92 Å². The zero-order valence-electron chi connectivity index (χ0n) is 18.4. The molecule has 162 valence electrons. The molecular weight excluding hydrogens is 378 g/mol. The summed E-state index contributed by atoms with van der Waals surface area (Å²) in [5, 5.41) is 5.87. The molecule has 0 fully saturated rings. The molecule has 0 unspecified atom stereocenters. The second-order valence-electron chi connectivity index (χ2n) is 7.76. The van der Waals surface area contributed by atoms with Crippen molar-refractivity contribution in [3.63, 3.8) is 0 Å². The molecule has 2 N–H and O–H groups in total. The summed E-state index contributed by atoms with van der Waals surface area (Å²) in [6.45, 7) is 8.50. The lowest BCUT2D eigenvalue weighted by atomic mass is 10.1. The van der Waals surface area contributed by atoms with Gasteiger partial charge in [0.1, 0.15) is 5.75 Å². The Labute approximate surface area is 179 Å². The number of carbonyl (C=O) groups excluding carboxylic acids is 2. The Bertz CT molecular complexity index is 836. The van der Waals surface area contributed by atoms with Gasteiger partial charge in [-0.15, -0.1) is 0 Å². The van der Waals surface area contributed by atoms with Crippen LogP contribution in [-0.2, 0) is 11.3 Å². The first-order valence-electron chi connectivity index (χ1n) is 10.4. The van der Waals surface area contributed by atoms with Crippen LogP contribution in [0.4, 0.5) is 5.69 Å². The van der Waals surface area contributed by atoms with E-state index < -0.39 is 0 Å². The van der Waals surface area contributed by atoms with Gasteiger partial charge in [-0.2, -0.15) is 0 Å². The van der Waals surface area contributed by atoms with Gasteiger partial charge >= 0.3 is 0 Å². The molecule has 6 nitrogen and oxygen atoms in total. The molecule has 0 aliphatic heterocycles. The number of methoxy groups -OCH3 is 1. The summed E-state index contributed by atoms with van der Waals surface area (Å²) in [4.78, 5) is 27.0. The summed E-state index contributed by atoms with van der Waals surface area (Å²) in [7, 11) is 1.58. The lowest BCUT2D eigenvalue weighted by molar-refractivity contribution is -0.117. The van der Waals surface area contributed by atoms with E-state index in [4.69, 9.17) is 4.74 Å². The molecule has 0 aromatic heterocycles. The number of hydrogen-bond donors (Lipinski definition) is 2. The minimum Gasteiger partial charge on any atom is -0.495 e. The van der Waals surface area contributed by atoms with Crippen LogP contribution >= 0.6 is 0 Å². The standard InChI is InChI=1S/C24H33N3O3/c1-5-13-27(17-23(28)26-21-11-6-7-12-22(21)30-4)16-19-9-8-10-20(14-19)24(29)25-15-18(2)3/h6-12,14,18H,5,13,15-17H2,1-4H3,(H,25,29)(H,26,28). The second kappa shape index (κ2) is 12.0. The molecule has 0 radical (unpaired) electrons. The zero-order chi connectivity index (χ0) is 21.9. The van der Waals surface area contributed by atoms with Crippen molar-refractivity contribution >= 4 is 17.5 Å². The van der Waals surface area contributed by atoms with Gasteiger partial charge in [0, 0.05) is 18.7 Å². The number of benzene rings is 2. The van der Waals surface area contributed by atoms with E-state index in [1.165, 1.54) is 0 Å². The predicted octanol–water partition coefficient (Wildman–Crippen LogP) is 3.93. The first kappa shape index (κ1) is 23.4. The average molecular weight is 412 g/mol. The number of ether oxygens (including phenoxy) is 1. The zero-order valence-corrected chi connectivity index (χ0v) is 18.4. The van der Waals surface area contributed by atoms with Crippen LogP contribution < -0.4 is 15.4 Å². The maximum atomic E-state index is 12.6. The summed E-state index contributed by atoms with van der Waals surface area (Å²) in [5.41, 5.74) is 2.30. The lowest BCUT2D eigenvalue weighted by Crippen LogP contribution is -2.33. The second-order valence-corrected chi connectivity index (χ2v) is 7.76. The summed E-state index contributed by atoms with van der Waals surface area (Å²) in [6.07, 6.45) is 0.927. The molecule has 6 heteroatoms. The molecule has 0 aliphatic rings. The number of hydrogen-bond acceptors (Lipinski definition) is 4. The summed E-state index contributed by atoms with van der Waals surface area (Å²) in [6, 6.07) is 14.9. The fraction of sp³-hybridized carbons (Fsp3) is 0.417. The number of anilines is 1. The highest BCUT2D eigenvalue weighted by atomic mass is 16.5. The quantitative estimate of drug-likeness (QED) is 0.588. The minimum atomic E-state index is -0.0984. The van der Waals surface area contributed by atoms with Gasteiger partial charge in [-0.25, -0.2) is 0 Å². The number of rotatable bonds is 11. The van der Waals surface area contributed by atoms with Crippen molar-refractivity contribution in [3.8, 4) is 5.75 Å². The fourth-order valence-electron chi connectivity index (χ4n) is 3.14. The summed E-state index contributed by atoms with van der Waals surface area (Å²) in [5.74, 6) is 0.868. The number of para-hydroxylation sites is 2. The van der Waals surface area contributed by atoms with Gasteiger partial charge in [0.2, 0.25) is 5.91 Å². The highest BCUT2D eigenvalue weighted by Crippen LogP contribution is 2.23. The third kappa shape index (κ3) is 7.52. The molecule has 0 saturated carbocycles. The van der Waals surface area contributed by atoms with Crippen LogP contribution in [0.2, 0.25) is 0 Å². The highest BCUT2D eigenvalue weighted by molar-refractivity contribution is 5.94. The first-order valence-corrected chi connectivity index (χ1v) is 10.4. The van der Waals surface area contributed by atoms with E-state index in [0.717, 1.165) is 18.5 Å². The third-order valence-electron chi connectivity index (χ3n) is 4.55. The number of amides is 2. The van der Waals surface area contributed by atoms with Crippen LogP contribution in [-0.4, -0.2) is 43.5 Å². The van der Waals surface area contributed by atoms with Gasteiger partial charge in [0.15, 0.2) is 0 Å². The SMILES string of the molecule is CCCN(CC(=O)Nc1ccccc1OC)Cc1cccc(C(=O)NCC(C)C)c1. The van der Waals surface area contributed by atoms with Crippen molar-refractivity contribution in [1.82, 2.24) is 10.2 Å². The Hall–Kier alpha value is -2.86. The van der Waals surface area contributed by atoms with E-state index in [1.54, 1.807) is 7.11 Å². The Morgan fingerprint density at radius 3 is 2.57 bits per heavy atom. The molecule has 0 saturated heterocycles. The molecular formula is C24H33N3O3. The van der Waals surface area contributed by atoms with E-state index in [9.17, 15) is 9.59 Å². The fourth-order valence-corrected chi connectivity index (χ4v) is 3.14. The summed E-state index contributed by atoms with van der Waals surface area (Å²) >= 11 is 0.